The lowest BCUT2D eigenvalue weighted by Gasteiger charge is -2.07. The number of fused-ring (bicyclic) bond motifs is 1. The van der Waals surface area contributed by atoms with Crippen molar-refractivity contribution in [3.63, 3.8) is 0 Å². The molecule has 134 valence electrons. The Bertz CT molecular complexity index is 1140. The number of methoxy groups -OCH3 is 1. The predicted octanol–water partition coefficient (Wildman–Crippen LogP) is 3.17. The zero-order valence-corrected chi connectivity index (χ0v) is 14.7. The third kappa shape index (κ3) is 3.32. The molecule has 0 aliphatic carbocycles. The van der Waals surface area contributed by atoms with Crippen LogP contribution in [-0.4, -0.2) is 37.9 Å². The number of ketones is 1. The van der Waals surface area contributed by atoms with Gasteiger partial charge in [0.2, 0.25) is 5.95 Å². The van der Waals surface area contributed by atoms with E-state index in [0.717, 1.165) is 11.4 Å². The van der Waals surface area contributed by atoms with Crippen molar-refractivity contribution in [3.05, 3.63) is 60.3 Å². The third-order valence-corrected chi connectivity index (χ3v) is 4.02. The lowest BCUT2D eigenvalue weighted by atomic mass is 10.1. The molecule has 0 unspecified atom stereocenters. The molecule has 0 saturated carbocycles. The van der Waals surface area contributed by atoms with Gasteiger partial charge in [-0.3, -0.25) is 4.79 Å². The van der Waals surface area contributed by atoms with Crippen LogP contribution in [0.1, 0.15) is 17.3 Å². The molecule has 0 radical (unpaired) electrons. The highest BCUT2D eigenvalue weighted by molar-refractivity contribution is 5.95. The Morgan fingerprint density at radius 2 is 2.00 bits per heavy atom. The second-order valence-corrected chi connectivity index (χ2v) is 5.87. The molecule has 2 aromatic heterocycles. The van der Waals surface area contributed by atoms with Crippen molar-refractivity contribution >= 4 is 28.6 Å². The van der Waals surface area contributed by atoms with Crippen LogP contribution in [0.4, 0.5) is 11.6 Å². The number of ether oxygens (including phenoxy) is 1. The van der Waals surface area contributed by atoms with Crippen molar-refractivity contribution in [1.82, 2.24) is 25.0 Å². The number of carbonyl (C=O) groups is 1. The summed E-state index contributed by atoms with van der Waals surface area (Å²) in [6, 6.07) is 14.6. The van der Waals surface area contributed by atoms with E-state index < -0.39 is 0 Å². The number of aromatic nitrogens is 5. The molecule has 0 atom stereocenters. The molecule has 0 aliphatic heterocycles. The maximum atomic E-state index is 11.6. The molecule has 0 fully saturated rings. The average Bonchev–Trinajstić information content (AvgIpc) is 3.11. The molecule has 2 heterocycles. The maximum absolute atomic E-state index is 11.6. The van der Waals surface area contributed by atoms with Crippen LogP contribution in [0.25, 0.3) is 16.9 Å². The van der Waals surface area contributed by atoms with Gasteiger partial charge >= 0.3 is 0 Å². The van der Waals surface area contributed by atoms with Crippen LogP contribution in [0.2, 0.25) is 0 Å². The minimum atomic E-state index is -0.00433. The van der Waals surface area contributed by atoms with Gasteiger partial charge in [-0.2, -0.15) is 9.67 Å². The van der Waals surface area contributed by atoms with E-state index in [1.54, 1.807) is 36.2 Å². The van der Waals surface area contributed by atoms with E-state index in [4.69, 9.17) is 4.74 Å². The van der Waals surface area contributed by atoms with Crippen molar-refractivity contribution in [2.45, 2.75) is 6.92 Å². The Morgan fingerprint density at radius 3 is 2.81 bits per heavy atom. The first kappa shape index (κ1) is 16.6. The molecular weight excluding hydrogens is 344 g/mol. The summed E-state index contributed by atoms with van der Waals surface area (Å²) in [7, 11) is 1.61. The highest BCUT2D eigenvalue weighted by atomic mass is 16.5. The molecule has 0 spiro atoms. The van der Waals surface area contributed by atoms with E-state index in [1.807, 2.05) is 30.3 Å². The summed E-state index contributed by atoms with van der Waals surface area (Å²) < 4.78 is 6.89. The monoisotopic (exact) mass is 360 g/mol. The van der Waals surface area contributed by atoms with Crippen LogP contribution < -0.4 is 10.1 Å². The molecule has 27 heavy (non-hydrogen) atoms. The van der Waals surface area contributed by atoms with Crippen molar-refractivity contribution in [3.8, 4) is 11.4 Å². The van der Waals surface area contributed by atoms with Crippen LogP contribution in [0.15, 0.2) is 54.7 Å². The fraction of sp³-hybridized carbons (Fsp3) is 0.105. The molecule has 2 aromatic carbocycles. The molecule has 0 saturated heterocycles. The normalized spacial score (nSPS) is 10.7. The highest BCUT2D eigenvalue weighted by Gasteiger charge is 2.11. The summed E-state index contributed by atoms with van der Waals surface area (Å²) in [5.41, 5.74) is 3.25. The van der Waals surface area contributed by atoms with E-state index in [2.05, 4.69) is 25.6 Å². The predicted molar refractivity (Wildman–Crippen MR) is 101 cm³/mol. The second-order valence-electron chi connectivity index (χ2n) is 5.87. The number of carbonyl (C=O) groups excluding carboxylic acids is 1. The first-order chi connectivity index (χ1) is 13.1. The summed E-state index contributed by atoms with van der Waals surface area (Å²) in [5.74, 6) is 1.09. The second kappa shape index (κ2) is 6.83. The van der Waals surface area contributed by atoms with Gasteiger partial charge in [-0.15, -0.1) is 5.10 Å². The van der Waals surface area contributed by atoms with Crippen LogP contribution >= 0.6 is 0 Å². The first-order valence-electron chi connectivity index (χ1n) is 8.25. The number of benzene rings is 2. The molecule has 4 aromatic rings. The van der Waals surface area contributed by atoms with Gasteiger partial charge in [-0.05, 0) is 31.2 Å². The van der Waals surface area contributed by atoms with Crippen molar-refractivity contribution in [2.24, 2.45) is 0 Å². The smallest absolute Gasteiger partial charge is 0.229 e. The van der Waals surface area contributed by atoms with Crippen molar-refractivity contribution in [1.29, 1.82) is 0 Å². The summed E-state index contributed by atoms with van der Waals surface area (Å²) in [6.45, 7) is 1.53. The standard InChI is InChI=1S/C19H16N6O2/c1-12(26)13-5-3-6-14(9-13)21-19-20-11-17-18(22-19)25(24-23-17)15-7-4-8-16(10-15)27-2/h3-11H,1-2H3,(H,20,21,22). The number of Topliss-reactive ketones (excluding diaryl/α,β-unsaturated/α-hetero) is 1. The quantitative estimate of drug-likeness (QED) is 0.546. The number of rotatable bonds is 5. The fourth-order valence-electron chi connectivity index (χ4n) is 2.65. The summed E-state index contributed by atoms with van der Waals surface area (Å²) >= 11 is 0. The van der Waals surface area contributed by atoms with Gasteiger partial charge in [0.1, 0.15) is 5.75 Å². The Balaban J connectivity index is 1.71. The van der Waals surface area contributed by atoms with Crippen LogP contribution in [0.3, 0.4) is 0 Å². The van der Waals surface area contributed by atoms with Crippen molar-refractivity contribution in [2.75, 3.05) is 12.4 Å². The van der Waals surface area contributed by atoms with E-state index in [1.165, 1.54) is 6.92 Å². The van der Waals surface area contributed by atoms with Gasteiger partial charge in [0, 0.05) is 17.3 Å². The molecule has 4 rings (SSSR count). The van der Waals surface area contributed by atoms with Gasteiger partial charge in [-0.1, -0.05) is 23.4 Å². The Hall–Kier alpha value is -3.81. The average molecular weight is 360 g/mol. The van der Waals surface area contributed by atoms with Crippen molar-refractivity contribution < 1.29 is 9.53 Å². The van der Waals surface area contributed by atoms with Gasteiger partial charge in [0.25, 0.3) is 0 Å². The van der Waals surface area contributed by atoms with Crippen LogP contribution in [-0.2, 0) is 0 Å². The van der Waals surface area contributed by atoms with Gasteiger partial charge in [-0.25, -0.2) is 4.98 Å². The lowest BCUT2D eigenvalue weighted by molar-refractivity contribution is 0.101. The van der Waals surface area contributed by atoms with E-state index in [-0.39, 0.29) is 5.78 Å². The zero-order chi connectivity index (χ0) is 18.8. The minimum absolute atomic E-state index is 0.00433. The van der Waals surface area contributed by atoms with E-state index in [9.17, 15) is 4.79 Å². The SMILES string of the molecule is COc1cccc(-n2nnc3cnc(Nc4cccc(C(C)=O)c4)nc32)c1. The lowest BCUT2D eigenvalue weighted by Crippen LogP contribution is -2.02. The number of anilines is 2. The van der Waals surface area contributed by atoms with Gasteiger partial charge in [0.15, 0.2) is 16.9 Å². The van der Waals surface area contributed by atoms with Crippen LogP contribution in [0.5, 0.6) is 5.75 Å². The number of nitrogens with one attached hydrogen (secondary N) is 1. The molecule has 0 aliphatic rings. The molecule has 0 bridgehead atoms. The van der Waals surface area contributed by atoms with Gasteiger partial charge in [0.05, 0.1) is 19.0 Å². The Labute approximate surface area is 154 Å². The highest BCUT2D eigenvalue weighted by Crippen LogP contribution is 2.21. The zero-order valence-electron chi connectivity index (χ0n) is 14.7. The number of hydrogen-bond donors (Lipinski definition) is 1. The van der Waals surface area contributed by atoms with Gasteiger partial charge < -0.3 is 10.1 Å². The summed E-state index contributed by atoms with van der Waals surface area (Å²) in [4.78, 5) is 20.4. The largest absolute Gasteiger partial charge is 0.497 e. The van der Waals surface area contributed by atoms with Crippen LogP contribution in [0, 0.1) is 0 Å². The Morgan fingerprint density at radius 1 is 1.15 bits per heavy atom. The topological polar surface area (TPSA) is 94.8 Å². The molecule has 8 heteroatoms. The van der Waals surface area contributed by atoms with E-state index >= 15 is 0 Å². The summed E-state index contributed by atoms with van der Waals surface area (Å²) in [6.07, 6.45) is 1.60. The minimum Gasteiger partial charge on any atom is -0.497 e. The van der Waals surface area contributed by atoms with E-state index in [0.29, 0.717) is 28.4 Å². The molecular formula is C19H16N6O2. The number of nitrogens with zero attached hydrogens (tertiary/aromatic N) is 5. The maximum Gasteiger partial charge on any atom is 0.229 e. The molecule has 0 amide bonds. The Kier molecular flexibility index (Phi) is 4.21. The molecule has 8 nitrogen and oxygen atoms in total. The summed E-state index contributed by atoms with van der Waals surface area (Å²) in [5, 5.41) is 11.4. The number of hydrogen-bond acceptors (Lipinski definition) is 7. The molecule has 1 N–H and O–H groups in total. The third-order valence-electron chi connectivity index (χ3n) is 4.02. The first-order valence-corrected chi connectivity index (χ1v) is 8.25. The fourth-order valence-corrected chi connectivity index (χ4v) is 2.65.